The van der Waals surface area contributed by atoms with E-state index in [4.69, 9.17) is 0 Å². The van der Waals surface area contributed by atoms with Crippen molar-refractivity contribution in [1.82, 2.24) is 33.9 Å². The van der Waals surface area contributed by atoms with Crippen LogP contribution in [0.5, 0.6) is 0 Å². The van der Waals surface area contributed by atoms with E-state index in [9.17, 15) is 18.3 Å². The minimum absolute atomic E-state index is 0.0142. The highest BCUT2D eigenvalue weighted by molar-refractivity contribution is 7.90. The molecule has 0 aliphatic heterocycles. The second-order valence-electron chi connectivity index (χ2n) is 9.72. The predicted molar refractivity (Wildman–Crippen MR) is 137 cm³/mol. The highest BCUT2D eigenvalue weighted by atomic mass is 32.2. The molecule has 4 heterocycles. The number of rotatable bonds is 8. The molecule has 14 heteroatoms. The minimum atomic E-state index is -3.48. The van der Waals surface area contributed by atoms with Gasteiger partial charge in [0.15, 0.2) is 11.6 Å². The Morgan fingerprint density at radius 2 is 1.95 bits per heavy atom. The Hall–Kier alpha value is -3.91. The van der Waals surface area contributed by atoms with Gasteiger partial charge in [0.05, 0.1) is 34.1 Å². The monoisotopic (exact) mass is 525 g/mol. The second kappa shape index (κ2) is 8.88. The van der Waals surface area contributed by atoms with E-state index in [0.29, 0.717) is 47.1 Å². The fourth-order valence-electron chi connectivity index (χ4n) is 3.62. The van der Waals surface area contributed by atoms with Crippen molar-refractivity contribution in [3.8, 4) is 11.4 Å². The zero-order valence-electron chi connectivity index (χ0n) is 20.7. The van der Waals surface area contributed by atoms with Crippen LogP contribution in [-0.4, -0.2) is 64.2 Å². The van der Waals surface area contributed by atoms with Gasteiger partial charge in [-0.25, -0.2) is 23.4 Å². The molecule has 13 nitrogen and oxygen atoms in total. The molecule has 0 spiro atoms. The van der Waals surface area contributed by atoms with Crippen molar-refractivity contribution in [1.29, 1.82) is 0 Å². The Bertz CT molecular complexity index is 1600. The Kier molecular flexibility index (Phi) is 5.95. The fourth-order valence-corrected chi connectivity index (χ4v) is 5.10. The average Bonchev–Trinajstić information content (AvgIpc) is 3.47. The summed E-state index contributed by atoms with van der Waals surface area (Å²) < 4.78 is 27.6. The van der Waals surface area contributed by atoms with Crippen LogP contribution in [0.3, 0.4) is 0 Å². The Morgan fingerprint density at radius 3 is 2.62 bits per heavy atom. The first-order chi connectivity index (χ1) is 17.4. The number of carbonyl (C=O) groups excluding carboxylic acids is 1. The van der Waals surface area contributed by atoms with Gasteiger partial charge in [0, 0.05) is 24.5 Å². The van der Waals surface area contributed by atoms with Gasteiger partial charge >= 0.3 is 0 Å². The molecule has 1 aliphatic carbocycles. The summed E-state index contributed by atoms with van der Waals surface area (Å²) in [4.78, 5) is 25.5. The molecule has 5 rings (SSSR count). The molecule has 0 atom stereocenters. The lowest BCUT2D eigenvalue weighted by atomic mass is 10.1. The van der Waals surface area contributed by atoms with Gasteiger partial charge < -0.3 is 15.7 Å². The van der Waals surface area contributed by atoms with Crippen LogP contribution in [0, 0.1) is 0 Å². The summed E-state index contributed by atoms with van der Waals surface area (Å²) in [6.45, 7) is 6.72. The number of amides is 1. The van der Waals surface area contributed by atoms with E-state index in [-0.39, 0.29) is 11.3 Å². The highest BCUT2D eigenvalue weighted by Gasteiger charge is 2.37. The largest absolute Gasteiger partial charge is 0.381 e. The normalized spacial score (nSPS) is 14.3. The molecule has 0 aromatic carbocycles. The summed E-state index contributed by atoms with van der Waals surface area (Å²) in [5.41, 5.74) is -0.368. The second-order valence-corrected chi connectivity index (χ2v) is 11.8. The van der Waals surface area contributed by atoms with E-state index >= 15 is 0 Å². The first-order valence-electron chi connectivity index (χ1n) is 11.7. The summed E-state index contributed by atoms with van der Waals surface area (Å²) in [5, 5.41) is 24.5. The van der Waals surface area contributed by atoms with E-state index in [2.05, 4.69) is 35.8 Å². The van der Waals surface area contributed by atoms with Crippen LogP contribution in [0.25, 0.3) is 22.3 Å². The molecule has 0 saturated heterocycles. The first kappa shape index (κ1) is 24.8. The third kappa shape index (κ3) is 4.89. The number of hydrogen-bond acceptors (Lipinski definition) is 10. The summed E-state index contributed by atoms with van der Waals surface area (Å²) in [7, 11) is -3.48. The van der Waals surface area contributed by atoms with Gasteiger partial charge in [0.1, 0.15) is 17.2 Å². The standard InChI is InChI=1S/C23H27N9O4S/c1-13(2)32-17-9-19(25-11-16(17)21(30-32)29-22(33)23(3,4)34)27-18-7-8-24-20(28-18)14-10-26-31(12-14)37(35,36)15-5-6-15/h7-13,15,34H,5-6H2,1-4H3,(H,29,30,33)(H,24,25,27,28). The third-order valence-electron chi connectivity index (χ3n) is 5.80. The van der Waals surface area contributed by atoms with Crippen molar-refractivity contribution < 1.29 is 18.3 Å². The van der Waals surface area contributed by atoms with Gasteiger partial charge in [-0.05, 0) is 46.6 Å². The van der Waals surface area contributed by atoms with Crippen molar-refractivity contribution >= 4 is 44.3 Å². The topological polar surface area (TPSA) is 170 Å². The summed E-state index contributed by atoms with van der Waals surface area (Å²) in [6.07, 6.45) is 7.27. The van der Waals surface area contributed by atoms with Gasteiger partial charge in [-0.2, -0.15) is 14.3 Å². The molecular weight excluding hydrogens is 498 g/mol. The lowest BCUT2D eigenvalue weighted by Crippen LogP contribution is -2.36. The minimum Gasteiger partial charge on any atom is -0.381 e. The zero-order chi connectivity index (χ0) is 26.5. The van der Waals surface area contributed by atoms with Crippen LogP contribution in [0.4, 0.5) is 17.5 Å². The molecule has 3 N–H and O–H groups in total. The van der Waals surface area contributed by atoms with Gasteiger partial charge in [0.25, 0.3) is 15.9 Å². The Labute approximate surface area is 213 Å². The Morgan fingerprint density at radius 1 is 1.19 bits per heavy atom. The Balaban J connectivity index is 1.42. The molecule has 0 radical (unpaired) electrons. The summed E-state index contributed by atoms with van der Waals surface area (Å²) in [5.74, 6) is 0.962. The van der Waals surface area contributed by atoms with E-state index in [1.165, 1.54) is 26.2 Å². The number of pyridine rings is 1. The SMILES string of the molecule is CC(C)n1nc(NC(=O)C(C)(C)O)c2cnc(Nc3ccnc(-c4cnn(S(=O)(=O)C5CC5)c4)n3)cc21. The van der Waals surface area contributed by atoms with Crippen LogP contribution >= 0.6 is 0 Å². The third-order valence-corrected chi connectivity index (χ3v) is 7.84. The molecule has 37 heavy (non-hydrogen) atoms. The molecular formula is C23H27N9O4S. The van der Waals surface area contributed by atoms with Gasteiger partial charge in [-0.1, -0.05) is 0 Å². The number of nitrogens with zero attached hydrogens (tertiary/aromatic N) is 7. The van der Waals surface area contributed by atoms with Crippen molar-refractivity contribution in [2.45, 2.75) is 57.4 Å². The fraction of sp³-hybridized carbons (Fsp3) is 0.391. The maximum atomic E-state index is 12.4. The molecule has 0 unspecified atom stereocenters. The van der Waals surface area contributed by atoms with E-state index in [1.54, 1.807) is 29.2 Å². The smallest absolute Gasteiger partial charge is 0.256 e. The molecule has 1 amide bonds. The number of carbonyl (C=O) groups is 1. The molecule has 0 bridgehead atoms. The lowest BCUT2D eigenvalue weighted by molar-refractivity contribution is -0.130. The highest BCUT2D eigenvalue weighted by Crippen LogP contribution is 2.31. The van der Waals surface area contributed by atoms with E-state index < -0.39 is 21.5 Å². The molecule has 4 aromatic rings. The maximum absolute atomic E-state index is 12.4. The quantitative estimate of drug-likeness (QED) is 0.310. The summed E-state index contributed by atoms with van der Waals surface area (Å²) in [6, 6.07) is 3.43. The first-order valence-corrected chi connectivity index (χ1v) is 13.3. The van der Waals surface area contributed by atoms with Crippen LogP contribution in [-0.2, 0) is 14.8 Å². The maximum Gasteiger partial charge on any atom is 0.256 e. The molecule has 1 aliphatic rings. The molecule has 1 saturated carbocycles. The molecule has 1 fully saturated rings. The summed E-state index contributed by atoms with van der Waals surface area (Å²) >= 11 is 0. The van der Waals surface area contributed by atoms with Crippen LogP contribution < -0.4 is 10.6 Å². The van der Waals surface area contributed by atoms with Crippen molar-refractivity contribution in [3.63, 3.8) is 0 Å². The van der Waals surface area contributed by atoms with Gasteiger partial charge in [0.2, 0.25) is 0 Å². The van der Waals surface area contributed by atoms with Crippen molar-refractivity contribution in [3.05, 3.63) is 36.9 Å². The number of aliphatic hydroxyl groups is 1. The predicted octanol–water partition coefficient (Wildman–Crippen LogP) is 2.46. The van der Waals surface area contributed by atoms with Crippen molar-refractivity contribution in [2.24, 2.45) is 0 Å². The molecule has 4 aromatic heterocycles. The van der Waals surface area contributed by atoms with Crippen LogP contribution in [0.2, 0.25) is 0 Å². The molecule has 194 valence electrons. The van der Waals surface area contributed by atoms with E-state index in [0.717, 1.165) is 9.60 Å². The van der Waals surface area contributed by atoms with Gasteiger partial charge in [-0.15, -0.1) is 0 Å². The average molecular weight is 526 g/mol. The zero-order valence-corrected chi connectivity index (χ0v) is 21.6. The number of hydrogen-bond donors (Lipinski definition) is 3. The number of fused-ring (bicyclic) bond motifs is 1. The van der Waals surface area contributed by atoms with Crippen LogP contribution in [0.1, 0.15) is 46.6 Å². The number of anilines is 3. The van der Waals surface area contributed by atoms with Gasteiger partial charge in [-0.3, -0.25) is 9.48 Å². The van der Waals surface area contributed by atoms with Crippen LogP contribution in [0.15, 0.2) is 36.9 Å². The number of aromatic nitrogens is 7. The number of nitrogens with one attached hydrogen (secondary N) is 2. The lowest BCUT2D eigenvalue weighted by Gasteiger charge is -2.15. The van der Waals surface area contributed by atoms with E-state index in [1.807, 2.05) is 13.8 Å². The van der Waals surface area contributed by atoms with Crippen molar-refractivity contribution in [2.75, 3.05) is 10.6 Å².